The lowest BCUT2D eigenvalue weighted by atomic mass is 10.0. The van der Waals surface area contributed by atoms with Gasteiger partial charge in [0, 0.05) is 11.3 Å². The summed E-state index contributed by atoms with van der Waals surface area (Å²) in [6.07, 6.45) is 0.552. The van der Waals surface area contributed by atoms with E-state index in [1.165, 1.54) is 19.1 Å². The van der Waals surface area contributed by atoms with Crippen LogP contribution in [0.2, 0.25) is 0 Å². The Labute approximate surface area is 150 Å². The third-order valence-electron chi connectivity index (χ3n) is 4.18. The number of hydrogen-bond acceptors (Lipinski definition) is 3. The number of amides is 1. The Morgan fingerprint density at radius 2 is 1.85 bits per heavy atom. The van der Waals surface area contributed by atoms with E-state index < -0.39 is 6.61 Å². The molecular weight excluding hydrogens is 342 g/mol. The van der Waals surface area contributed by atoms with Gasteiger partial charge in [-0.2, -0.15) is 8.78 Å². The van der Waals surface area contributed by atoms with E-state index in [4.69, 9.17) is 0 Å². The number of carbonyl (C=O) groups excluding carboxylic acids is 2. The number of ketones is 1. The van der Waals surface area contributed by atoms with Crippen molar-refractivity contribution in [3.05, 3.63) is 52.3 Å². The van der Waals surface area contributed by atoms with Crippen molar-refractivity contribution in [3.8, 4) is 5.75 Å². The number of nitrogens with one attached hydrogen (secondary N) is 2. The number of benzene rings is 1. The summed E-state index contributed by atoms with van der Waals surface area (Å²) in [7, 11) is 0. The van der Waals surface area contributed by atoms with Gasteiger partial charge in [-0.05, 0) is 50.5 Å². The van der Waals surface area contributed by atoms with Gasteiger partial charge >= 0.3 is 6.61 Å². The van der Waals surface area contributed by atoms with Crippen LogP contribution >= 0.6 is 0 Å². The van der Waals surface area contributed by atoms with Gasteiger partial charge in [0.25, 0.3) is 5.91 Å². The average Bonchev–Trinajstić information content (AvgIpc) is 2.91. The van der Waals surface area contributed by atoms with Crippen molar-refractivity contribution in [1.82, 2.24) is 10.3 Å². The molecule has 1 heterocycles. The molecule has 0 saturated carbocycles. The topological polar surface area (TPSA) is 71.2 Å². The van der Waals surface area contributed by atoms with E-state index in [0.29, 0.717) is 28.9 Å². The third kappa shape index (κ3) is 4.28. The fourth-order valence-corrected chi connectivity index (χ4v) is 2.99. The number of ether oxygens (including phenoxy) is 1. The van der Waals surface area contributed by atoms with Gasteiger partial charge in [0.1, 0.15) is 11.4 Å². The molecule has 5 nitrogen and oxygen atoms in total. The molecule has 2 N–H and O–H groups in total. The molecule has 0 bridgehead atoms. The standard InChI is InChI=1S/C19H22F2N2O3/c1-5-15-16(12(4)24)11(3)22-17(15)18(25)23-10(2)13-6-8-14(9-7-13)26-19(20)21/h6-10,19,22H,5H2,1-4H3,(H,23,25). The zero-order valence-electron chi connectivity index (χ0n) is 15.2. The minimum absolute atomic E-state index is 0.0571. The second kappa shape index (κ2) is 8.12. The molecule has 0 saturated heterocycles. The second-order valence-corrected chi connectivity index (χ2v) is 6.03. The number of halogens is 2. The minimum atomic E-state index is -2.88. The van der Waals surface area contributed by atoms with Crippen molar-refractivity contribution in [2.45, 2.75) is 46.8 Å². The minimum Gasteiger partial charge on any atom is -0.435 e. The molecular formula is C19H22F2N2O3. The number of Topliss-reactive ketones (excluding diaryl/α,β-unsaturated/α-hetero) is 1. The molecule has 140 valence electrons. The highest BCUT2D eigenvalue weighted by atomic mass is 19.3. The lowest BCUT2D eigenvalue weighted by molar-refractivity contribution is -0.0498. The third-order valence-corrected chi connectivity index (χ3v) is 4.18. The highest BCUT2D eigenvalue weighted by Crippen LogP contribution is 2.23. The van der Waals surface area contributed by atoms with Crippen molar-refractivity contribution in [1.29, 1.82) is 0 Å². The van der Waals surface area contributed by atoms with Crippen LogP contribution in [0.4, 0.5) is 8.78 Å². The molecule has 0 spiro atoms. The average molecular weight is 364 g/mol. The molecule has 0 aliphatic carbocycles. The first-order chi connectivity index (χ1) is 12.2. The fraction of sp³-hybridized carbons (Fsp3) is 0.368. The molecule has 26 heavy (non-hydrogen) atoms. The van der Waals surface area contributed by atoms with E-state index in [-0.39, 0.29) is 23.5 Å². The molecule has 1 aromatic heterocycles. The molecule has 1 atom stereocenters. The highest BCUT2D eigenvalue weighted by molar-refractivity contribution is 6.02. The van der Waals surface area contributed by atoms with Gasteiger partial charge in [-0.3, -0.25) is 9.59 Å². The maximum absolute atomic E-state index is 12.6. The van der Waals surface area contributed by atoms with E-state index >= 15 is 0 Å². The van der Waals surface area contributed by atoms with E-state index in [1.54, 1.807) is 26.0 Å². The van der Waals surface area contributed by atoms with Crippen LogP contribution in [0.1, 0.15) is 64.5 Å². The summed E-state index contributed by atoms with van der Waals surface area (Å²) in [6.45, 7) is 4.03. The zero-order chi connectivity index (χ0) is 19.4. The molecule has 1 unspecified atom stereocenters. The van der Waals surface area contributed by atoms with E-state index in [1.807, 2.05) is 6.92 Å². The summed E-state index contributed by atoms with van der Waals surface area (Å²) < 4.78 is 28.7. The van der Waals surface area contributed by atoms with Gasteiger partial charge in [0.2, 0.25) is 0 Å². The largest absolute Gasteiger partial charge is 0.435 e. The molecule has 7 heteroatoms. The van der Waals surface area contributed by atoms with Gasteiger partial charge in [-0.25, -0.2) is 0 Å². The van der Waals surface area contributed by atoms with E-state index in [9.17, 15) is 18.4 Å². The Hall–Kier alpha value is -2.70. The number of rotatable bonds is 7. The smallest absolute Gasteiger partial charge is 0.387 e. The van der Waals surface area contributed by atoms with Crippen molar-refractivity contribution < 1.29 is 23.1 Å². The number of hydrogen-bond donors (Lipinski definition) is 2. The highest BCUT2D eigenvalue weighted by Gasteiger charge is 2.22. The first-order valence-electron chi connectivity index (χ1n) is 8.32. The van der Waals surface area contributed by atoms with Crippen molar-refractivity contribution in [3.63, 3.8) is 0 Å². The van der Waals surface area contributed by atoms with Gasteiger partial charge in [-0.15, -0.1) is 0 Å². The Kier molecular flexibility index (Phi) is 6.13. The summed E-state index contributed by atoms with van der Waals surface area (Å²) >= 11 is 0. The zero-order valence-corrected chi connectivity index (χ0v) is 15.2. The van der Waals surface area contributed by atoms with Crippen LogP contribution in [0.15, 0.2) is 24.3 Å². The Balaban J connectivity index is 2.17. The maximum atomic E-state index is 12.6. The summed E-state index contributed by atoms with van der Waals surface area (Å²) in [5, 5.41) is 2.86. The van der Waals surface area contributed by atoms with E-state index in [0.717, 1.165) is 5.56 Å². The van der Waals surface area contributed by atoms with Crippen LogP contribution in [-0.4, -0.2) is 23.3 Å². The predicted molar refractivity (Wildman–Crippen MR) is 93.9 cm³/mol. The van der Waals surface area contributed by atoms with E-state index in [2.05, 4.69) is 15.0 Å². The number of carbonyl (C=O) groups is 2. The Morgan fingerprint density at radius 3 is 2.35 bits per heavy atom. The normalized spacial score (nSPS) is 12.1. The monoisotopic (exact) mass is 364 g/mol. The number of alkyl halides is 2. The Bertz CT molecular complexity index is 798. The number of aromatic nitrogens is 1. The summed E-state index contributed by atoms with van der Waals surface area (Å²) in [5.74, 6) is -0.350. The molecule has 0 radical (unpaired) electrons. The number of aromatic amines is 1. The van der Waals surface area contributed by atoms with Gasteiger partial charge in [-0.1, -0.05) is 19.1 Å². The molecule has 2 rings (SSSR count). The maximum Gasteiger partial charge on any atom is 0.387 e. The van der Waals surface area contributed by atoms with Gasteiger partial charge in [0.05, 0.1) is 6.04 Å². The Morgan fingerprint density at radius 1 is 1.23 bits per heavy atom. The van der Waals surface area contributed by atoms with Crippen LogP contribution in [0.3, 0.4) is 0 Å². The van der Waals surface area contributed by atoms with Crippen LogP contribution < -0.4 is 10.1 Å². The predicted octanol–water partition coefficient (Wildman–Crippen LogP) is 4.18. The fourth-order valence-electron chi connectivity index (χ4n) is 2.99. The lowest BCUT2D eigenvalue weighted by Gasteiger charge is -2.15. The first-order valence-corrected chi connectivity index (χ1v) is 8.32. The molecule has 1 aromatic carbocycles. The first kappa shape index (κ1) is 19.6. The van der Waals surface area contributed by atoms with Crippen LogP contribution in [-0.2, 0) is 6.42 Å². The van der Waals surface area contributed by atoms with Crippen molar-refractivity contribution >= 4 is 11.7 Å². The van der Waals surface area contributed by atoms with Crippen molar-refractivity contribution in [2.24, 2.45) is 0 Å². The number of H-pyrrole nitrogens is 1. The van der Waals surface area contributed by atoms with Crippen LogP contribution in [0.25, 0.3) is 0 Å². The SMILES string of the molecule is CCc1c(C(=O)NC(C)c2ccc(OC(F)F)cc2)[nH]c(C)c1C(C)=O. The molecule has 0 aliphatic heterocycles. The second-order valence-electron chi connectivity index (χ2n) is 6.03. The van der Waals surface area contributed by atoms with Gasteiger partial charge in [0.15, 0.2) is 5.78 Å². The summed E-state index contributed by atoms with van der Waals surface area (Å²) in [6, 6.07) is 5.73. The molecule has 1 amide bonds. The quantitative estimate of drug-likeness (QED) is 0.724. The number of aryl methyl sites for hydroxylation is 1. The lowest BCUT2D eigenvalue weighted by Crippen LogP contribution is -2.27. The molecule has 0 fully saturated rings. The molecule has 2 aromatic rings. The summed E-state index contributed by atoms with van der Waals surface area (Å²) in [5.41, 5.74) is 3.03. The van der Waals surface area contributed by atoms with Gasteiger partial charge < -0.3 is 15.0 Å². The van der Waals surface area contributed by atoms with Crippen molar-refractivity contribution in [2.75, 3.05) is 0 Å². The van der Waals surface area contributed by atoms with Crippen LogP contribution in [0, 0.1) is 6.92 Å². The van der Waals surface area contributed by atoms with Crippen LogP contribution in [0.5, 0.6) is 5.75 Å². The molecule has 0 aliphatic rings. The summed E-state index contributed by atoms with van der Waals surface area (Å²) in [4.78, 5) is 27.4.